The van der Waals surface area contributed by atoms with Crippen LogP contribution in [0.2, 0.25) is 0 Å². The smallest absolute Gasteiger partial charge is 0.227 e. The molecule has 0 amide bonds. The van der Waals surface area contributed by atoms with Gasteiger partial charge in [0.2, 0.25) is 5.95 Å². The molecule has 0 spiro atoms. The Labute approximate surface area is 125 Å². The molecule has 6 heteroatoms. The van der Waals surface area contributed by atoms with Gasteiger partial charge in [0.05, 0.1) is 19.3 Å². The number of rotatable bonds is 2. The van der Waals surface area contributed by atoms with Crippen molar-refractivity contribution in [2.24, 2.45) is 5.92 Å². The van der Waals surface area contributed by atoms with Crippen LogP contribution in [0.3, 0.4) is 0 Å². The molecule has 112 valence electrons. The topological polar surface area (TPSA) is 65.3 Å². The van der Waals surface area contributed by atoms with Crippen molar-refractivity contribution in [2.75, 3.05) is 49.2 Å². The van der Waals surface area contributed by atoms with Gasteiger partial charge in [-0.15, -0.1) is 0 Å². The van der Waals surface area contributed by atoms with E-state index in [1.54, 1.807) is 0 Å². The van der Waals surface area contributed by atoms with Crippen LogP contribution in [0.5, 0.6) is 0 Å². The van der Waals surface area contributed by atoms with Crippen LogP contribution in [0.4, 0.5) is 11.8 Å². The zero-order valence-corrected chi connectivity index (χ0v) is 12.5. The highest BCUT2D eigenvalue weighted by molar-refractivity contribution is 5.46. The van der Waals surface area contributed by atoms with Gasteiger partial charge in [-0.2, -0.15) is 10.2 Å². The Kier molecular flexibility index (Phi) is 4.20. The highest BCUT2D eigenvalue weighted by Crippen LogP contribution is 2.23. The van der Waals surface area contributed by atoms with Gasteiger partial charge in [-0.05, 0) is 19.8 Å². The van der Waals surface area contributed by atoms with Crippen molar-refractivity contribution in [1.29, 1.82) is 5.26 Å². The molecule has 0 N–H and O–H groups in total. The fourth-order valence-electron chi connectivity index (χ4n) is 2.84. The molecule has 2 aliphatic rings. The quantitative estimate of drug-likeness (QED) is 0.818. The molecule has 21 heavy (non-hydrogen) atoms. The first-order chi connectivity index (χ1) is 10.3. The number of nitrogens with zero attached hydrogens (tertiary/aromatic N) is 5. The molecular formula is C15H21N5O. The molecule has 1 aromatic heterocycles. The van der Waals surface area contributed by atoms with E-state index in [1.165, 1.54) is 0 Å². The predicted molar refractivity (Wildman–Crippen MR) is 80.4 cm³/mol. The van der Waals surface area contributed by atoms with E-state index < -0.39 is 0 Å². The van der Waals surface area contributed by atoms with Gasteiger partial charge >= 0.3 is 0 Å². The lowest BCUT2D eigenvalue weighted by Gasteiger charge is -2.31. The number of aromatic nitrogens is 2. The van der Waals surface area contributed by atoms with Crippen molar-refractivity contribution in [3.63, 3.8) is 0 Å². The number of nitriles is 1. The summed E-state index contributed by atoms with van der Waals surface area (Å²) in [6.07, 6.45) is 1.81. The zero-order valence-electron chi connectivity index (χ0n) is 12.5. The fourth-order valence-corrected chi connectivity index (χ4v) is 2.84. The third kappa shape index (κ3) is 3.24. The SMILES string of the molecule is Cc1cc(N2CCOCC2)nc(N2CCC(C#N)CC2)n1. The van der Waals surface area contributed by atoms with Gasteiger partial charge in [0.15, 0.2) is 0 Å². The fraction of sp³-hybridized carbons (Fsp3) is 0.667. The summed E-state index contributed by atoms with van der Waals surface area (Å²) in [7, 11) is 0. The molecule has 0 aromatic carbocycles. The van der Waals surface area contributed by atoms with Gasteiger partial charge < -0.3 is 14.5 Å². The van der Waals surface area contributed by atoms with Crippen LogP contribution in [0, 0.1) is 24.2 Å². The van der Waals surface area contributed by atoms with Crippen LogP contribution in [-0.2, 0) is 4.74 Å². The van der Waals surface area contributed by atoms with Crippen LogP contribution in [-0.4, -0.2) is 49.4 Å². The molecule has 2 aliphatic heterocycles. The standard InChI is InChI=1S/C15H21N5O/c1-12-10-14(19-6-8-21-9-7-19)18-15(17-12)20-4-2-13(11-16)3-5-20/h10,13H,2-9H2,1H3. The minimum atomic E-state index is 0.185. The zero-order chi connectivity index (χ0) is 14.7. The Morgan fingerprint density at radius 1 is 1.14 bits per heavy atom. The summed E-state index contributed by atoms with van der Waals surface area (Å²) in [6.45, 7) is 7.02. The van der Waals surface area contributed by atoms with E-state index in [0.717, 1.165) is 69.7 Å². The van der Waals surface area contributed by atoms with Crippen molar-refractivity contribution in [3.05, 3.63) is 11.8 Å². The second-order valence-electron chi connectivity index (χ2n) is 5.66. The summed E-state index contributed by atoms with van der Waals surface area (Å²) in [5.74, 6) is 1.97. The number of piperidine rings is 1. The monoisotopic (exact) mass is 287 g/mol. The molecule has 0 bridgehead atoms. The third-order valence-electron chi connectivity index (χ3n) is 4.12. The molecule has 0 atom stereocenters. The Morgan fingerprint density at radius 3 is 2.52 bits per heavy atom. The Bertz CT molecular complexity index is 527. The molecule has 3 rings (SSSR count). The first kappa shape index (κ1) is 14.1. The van der Waals surface area contributed by atoms with Gasteiger partial charge in [-0.25, -0.2) is 4.98 Å². The molecule has 3 heterocycles. The number of hydrogen-bond donors (Lipinski definition) is 0. The summed E-state index contributed by atoms with van der Waals surface area (Å²) >= 11 is 0. The Hall–Kier alpha value is -1.87. The molecule has 0 aliphatic carbocycles. The maximum Gasteiger partial charge on any atom is 0.227 e. The second kappa shape index (κ2) is 6.27. The van der Waals surface area contributed by atoms with E-state index in [9.17, 15) is 0 Å². The van der Waals surface area contributed by atoms with Gasteiger partial charge in [0.25, 0.3) is 0 Å². The van der Waals surface area contributed by atoms with Crippen LogP contribution in [0.15, 0.2) is 6.07 Å². The van der Waals surface area contributed by atoms with Crippen molar-refractivity contribution < 1.29 is 4.74 Å². The van der Waals surface area contributed by atoms with Crippen molar-refractivity contribution in [1.82, 2.24) is 9.97 Å². The summed E-state index contributed by atoms with van der Waals surface area (Å²) in [5.41, 5.74) is 0.990. The molecule has 1 aromatic rings. The minimum Gasteiger partial charge on any atom is -0.378 e. The number of hydrogen-bond acceptors (Lipinski definition) is 6. The van der Waals surface area contributed by atoms with Crippen LogP contribution in [0.1, 0.15) is 18.5 Å². The average Bonchev–Trinajstić information content (AvgIpc) is 2.55. The van der Waals surface area contributed by atoms with Crippen LogP contribution in [0.25, 0.3) is 0 Å². The van der Waals surface area contributed by atoms with E-state index >= 15 is 0 Å². The lowest BCUT2D eigenvalue weighted by Crippen LogP contribution is -2.38. The summed E-state index contributed by atoms with van der Waals surface area (Å²) in [4.78, 5) is 13.8. The van der Waals surface area contributed by atoms with Gasteiger partial charge in [-0.1, -0.05) is 0 Å². The van der Waals surface area contributed by atoms with E-state index in [2.05, 4.69) is 20.9 Å². The summed E-state index contributed by atoms with van der Waals surface area (Å²) < 4.78 is 5.40. The summed E-state index contributed by atoms with van der Waals surface area (Å²) in [6, 6.07) is 4.40. The van der Waals surface area contributed by atoms with Crippen molar-refractivity contribution in [2.45, 2.75) is 19.8 Å². The van der Waals surface area contributed by atoms with E-state index in [1.807, 2.05) is 13.0 Å². The first-order valence-corrected chi connectivity index (χ1v) is 7.59. The molecule has 0 unspecified atom stereocenters. The molecule has 0 radical (unpaired) electrons. The summed E-state index contributed by atoms with van der Waals surface area (Å²) in [5, 5.41) is 8.99. The molecule has 6 nitrogen and oxygen atoms in total. The lowest BCUT2D eigenvalue weighted by atomic mass is 9.99. The lowest BCUT2D eigenvalue weighted by molar-refractivity contribution is 0.122. The minimum absolute atomic E-state index is 0.185. The van der Waals surface area contributed by atoms with E-state index in [0.29, 0.717) is 0 Å². The maximum absolute atomic E-state index is 8.99. The predicted octanol–water partition coefficient (Wildman–Crippen LogP) is 1.36. The molecule has 2 fully saturated rings. The number of aryl methyl sites for hydroxylation is 1. The number of morpholine rings is 1. The highest BCUT2D eigenvalue weighted by atomic mass is 16.5. The van der Waals surface area contributed by atoms with Gasteiger partial charge in [-0.3, -0.25) is 0 Å². The van der Waals surface area contributed by atoms with E-state index in [4.69, 9.17) is 15.0 Å². The Morgan fingerprint density at radius 2 is 1.86 bits per heavy atom. The first-order valence-electron chi connectivity index (χ1n) is 7.59. The third-order valence-corrected chi connectivity index (χ3v) is 4.12. The Balaban J connectivity index is 1.76. The maximum atomic E-state index is 8.99. The normalized spacial score (nSPS) is 20.4. The molecule has 2 saturated heterocycles. The molecular weight excluding hydrogens is 266 g/mol. The van der Waals surface area contributed by atoms with Crippen LogP contribution >= 0.6 is 0 Å². The second-order valence-corrected chi connectivity index (χ2v) is 5.66. The van der Waals surface area contributed by atoms with E-state index in [-0.39, 0.29) is 5.92 Å². The largest absolute Gasteiger partial charge is 0.378 e. The van der Waals surface area contributed by atoms with Crippen molar-refractivity contribution in [3.8, 4) is 6.07 Å². The number of ether oxygens (including phenoxy) is 1. The number of anilines is 2. The highest BCUT2D eigenvalue weighted by Gasteiger charge is 2.22. The van der Waals surface area contributed by atoms with Crippen LogP contribution < -0.4 is 9.80 Å². The molecule has 0 saturated carbocycles. The average molecular weight is 287 g/mol. The van der Waals surface area contributed by atoms with Gasteiger partial charge in [0, 0.05) is 43.9 Å². The van der Waals surface area contributed by atoms with Crippen molar-refractivity contribution >= 4 is 11.8 Å². The van der Waals surface area contributed by atoms with Gasteiger partial charge in [0.1, 0.15) is 5.82 Å².